The molecule has 1 aromatic heterocycles. The van der Waals surface area contributed by atoms with Crippen molar-refractivity contribution in [2.24, 2.45) is 0 Å². The van der Waals surface area contributed by atoms with Gasteiger partial charge in [0.1, 0.15) is 6.26 Å². The average molecular weight is 218 g/mol. The van der Waals surface area contributed by atoms with Crippen LogP contribution in [0, 0.1) is 0 Å². The van der Waals surface area contributed by atoms with Gasteiger partial charge < -0.3 is 9.32 Å². The van der Waals surface area contributed by atoms with Gasteiger partial charge in [-0.05, 0) is 15.9 Å². The lowest BCUT2D eigenvalue weighted by Crippen LogP contribution is -2.20. The third-order valence-corrected chi connectivity index (χ3v) is 1.64. The van der Waals surface area contributed by atoms with Gasteiger partial charge in [0.05, 0.1) is 5.56 Å². The molecule has 0 saturated carbocycles. The molecular weight excluding hydrogens is 210 g/mol. The molecule has 11 heavy (non-hydrogen) atoms. The molecule has 0 spiro atoms. The van der Waals surface area contributed by atoms with Crippen molar-refractivity contribution in [3.63, 3.8) is 0 Å². The molecule has 4 heteroatoms. The van der Waals surface area contributed by atoms with Gasteiger partial charge in [-0.3, -0.25) is 4.79 Å². The number of hydrogen-bond donors (Lipinski definition) is 0. The Labute approximate surface area is 73.1 Å². The van der Waals surface area contributed by atoms with Crippen molar-refractivity contribution in [1.29, 1.82) is 0 Å². The zero-order valence-corrected chi connectivity index (χ0v) is 7.88. The minimum Gasteiger partial charge on any atom is -0.457 e. The normalized spacial score (nSPS) is 9.73. The van der Waals surface area contributed by atoms with Crippen molar-refractivity contribution in [3.05, 3.63) is 22.6 Å². The fourth-order valence-electron chi connectivity index (χ4n) is 0.680. The van der Waals surface area contributed by atoms with E-state index in [1.807, 2.05) is 0 Å². The summed E-state index contributed by atoms with van der Waals surface area (Å²) < 4.78 is 5.48. The lowest BCUT2D eigenvalue weighted by molar-refractivity contribution is 0.0827. The number of nitrogens with zero attached hydrogens (tertiary/aromatic N) is 1. The smallest absolute Gasteiger partial charge is 0.256 e. The first-order valence-corrected chi connectivity index (χ1v) is 3.86. The van der Waals surface area contributed by atoms with E-state index in [4.69, 9.17) is 4.42 Å². The second kappa shape index (κ2) is 3.09. The van der Waals surface area contributed by atoms with Crippen LogP contribution in [0.2, 0.25) is 0 Å². The molecule has 0 fully saturated rings. The summed E-state index contributed by atoms with van der Waals surface area (Å²) in [7, 11) is 3.40. The van der Waals surface area contributed by atoms with Crippen LogP contribution in [-0.4, -0.2) is 24.9 Å². The van der Waals surface area contributed by atoms with E-state index in [9.17, 15) is 4.79 Å². The Morgan fingerprint density at radius 1 is 1.64 bits per heavy atom. The van der Waals surface area contributed by atoms with Crippen molar-refractivity contribution >= 4 is 21.8 Å². The zero-order chi connectivity index (χ0) is 8.43. The summed E-state index contributed by atoms with van der Waals surface area (Å²) in [5.41, 5.74) is 0.557. The van der Waals surface area contributed by atoms with Gasteiger partial charge in [-0.2, -0.15) is 0 Å². The van der Waals surface area contributed by atoms with Gasteiger partial charge >= 0.3 is 0 Å². The number of hydrogen-bond acceptors (Lipinski definition) is 2. The van der Waals surface area contributed by atoms with Gasteiger partial charge in [0, 0.05) is 20.2 Å². The third kappa shape index (κ3) is 1.83. The topological polar surface area (TPSA) is 33.5 Å². The molecule has 1 rings (SSSR count). The Bertz CT molecular complexity index is 267. The summed E-state index contributed by atoms with van der Waals surface area (Å²) in [5, 5.41) is 0. The molecule has 0 atom stereocenters. The molecule has 0 aliphatic heterocycles. The summed E-state index contributed by atoms with van der Waals surface area (Å²) >= 11 is 3.11. The molecule has 60 valence electrons. The molecule has 0 aliphatic carbocycles. The Morgan fingerprint density at radius 2 is 2.27 bits per heavy atom. The quantitative estimate of drug-likeness (QED) is 0.719. The third-order valence-electron chi connectivity index (χ3n) is 1.22. The molecular formula is C7H8BrNO2. The van der Waals surface area contributed by atoms with Crippen LogP contribution in [0.5, 0.6) is 0 Å². The van der Waals surface area contributed by atoms with Crippen molar-refractivity contribution in [2.75, 3.05) is 14.1 Å². The van der Waals surface area contributed by atoms with Crippen molar-refractivity contribution in [3.8, 4) is 0 Å². The highest BCUT2D eigenvalue weighted by molar-refractivity contribution is 9.10. The van der Waals surface area contributed by atoms with Gasteiger partial charge in [-0.15, -0.1) is 0 Å². The SMILES string of the molecule is CN(C)C(=O)c1coc(Br)c1. The van der Waals surface area contributed by atoms with Crippen LogP contribution in [-0.2, 0) is 0 Å². The maximum absolute atomic E-state index is 11.2. The number of halogens is 1. The van der Waals surface area contributed by atoms with E-state index in [0.29, 0.717) is 10.2 Å². The number of rotatable bonds is 1. The summed E-state index contributed by atoms with van der Waals surface area (Å²) in [5.74, 6) is -0.0561. The van der Waals surface area contributed by atoms with Crippen LogP contribution in [0.1, 0.15) is 10.4 Å². The summed E-state index contributed by atoms with van der Waals surface area (Å²) in [6.45, 7) is 0. The van der Waals surface area contributed by atoms with Crippen LogP contribution in [0.3, 0.4) is 0 Å². The highest BCUT2D eigenvalue weighted by Crippen LogP contribution is 2.14. The number of furan rings is 1. The first kappa shape index (κ1) is 8.33. The molecule has 1 amide bonds. The summed E-state index contributed by atoms with van der Waals surface area (Å²) in [6.07, 6.45) is 1.42. The lowest BCUT2D eigenvalue weighted by atomic mass is 10.3. The monoisotopic (exact) mass is 217 g/mol. The van der Waals surface area contributed by atoms with Gasteiger partial charge in [0.25, 0.3) is 5.91 Å². The molecule has 1 aromatic rings. The van der Waals surface area contributed by atoms with E-state index >= 15 is 0 Å². The van der Waals surface area contributed by atoms with E-state index in [1.165, 1.54) is 11.2 Å². The van der Waals surface area contributed by atoms with Crippen LogP contribution < -0.4 is 0 Å². The number of carbonyl (C=O) groups is 1. The zero-order valence-electron chi connectivity index (χ0n) is 6.30. The minimum atomic E-state index is -0.0561. The van der Waals surface area contributed by atoms with E-state index in [-0.39, 0.29) is 5.91 Å². The largest absolute Gasteiger partial charge is 0.457 e. The van der Waals surface area contributed by atoms with Crippen molar-refractivity contribution in [1.82, 2.24) is 4.90 Å². The Hall–Kier alpha value is -0.770. The van der Waals surface area contributed by atoms with Gasteiger partial charge in [-0.25, -0.2) is 0 Å². The Morgan fingerprint density at radius 3 is 2.64 bits per heavy atom. The van der Waals surface area contributed by atoms with Crippen LogP contribution in [0.25, 0.3) is 0 Å². The minimum absolute atomic E-state index is 0.0561. The molecule has 0 radical (unpaired) electrons. The van der Waals surface area contributed by atoms with Gasteiger partial charge in [-0.1, -0.05) is 0 Å². The molecule has 0 aliphatic rings. The Kier molecular flexibility index (Phi) is 2.34. The molecule has 0 bridgehead atoms. The fraction of sp³-hybridized carbons (Fsp3) is 0.286. The predicted octanol–water partition coefficient (Wildman–Crippen LogP) is 1.74. The molecule has 3 nitrogen and oxygen atoms in total. The first-order valence-electron chi connectivity index (χ1n) is 3.07. The van der Waals surface area contributed by atoms with E-state index in [2.05, 4.69) is 15.9 Å². The van der Waals surface area contributed by atoms with Crippen molar-refractivity contribution < 1.29 is 9.21 Å². The van der Waals surface area contributed by atoms with E-state index < -0.39 is 0 Å². The van der Waals surface area contributed by atoms with Crippen LogP contribution in [0.15, 0.2) is 21.4 Å². The highest BCUT2D eigenvalue weighted by atomic mass is 79.9. The predicted molar refractivity (Wildman–Crippen MR) is 44.4 cm³/mol. The van der Waals surface area contributed by atoms with E-state index in [0.717, 1.165) is 0 Å². The molecule has 0 unspecified atom stereocenters. The van der Waals surface area contributed by atoms with Gasteiger partial charge in [0.15, 0.2) is 4.67 Å². The standard InChI is InChI=1S/C7H8BrNO2/c1-9(2)7(10)5-3-6(8)11-4-5/h3-4H,1-2H3. The lowest BCUT2D eigenvalue weighted by Gasteiger charge is -2.06. The second-order valence-corrected chi connectivity index (χ2v) is 3.12. The molecule has 1 heterocycles. The summed E-state index contributed by atoms with van der Waals surface area (Å²) in [6, 6.07) is 1.64. The first-order chi connectivity index (χ1) is 5.11. The summed E-state index contributed by atoms with van der Waals surface area (Å²) in [4.78, 5) is 12.7. The Balaban J connectivity index is 2.85. The van der Waals surface area contributed by atoms with Gasteiger partial charge in [0.2, 0.25) is 0 Å². The van der Waals surface area contributed by atoms with Crippen LogP contribution in [0.4, 0.5) is 0 Å². The number of carbonyl (C=O) groups excluding carboxylic acids is 1. The number of amides is 1. The highest BCUT2D eigenvalue weighted by Gasteiger charge is 2.09. The van der Waals surface area contributed by atoms with E-state index in [1.54, 1.807) is 20.2 Å². The maximum atomic E-state index is 11.2. The maximum Gasteiger partial charge on any atom is 0.256 e. The molecule has 0 aromatic carbocycles. The average Bonchev–Trinajstić information content (AvgIpc) is 2.34. The van der Waals surface area contributed by atoms with Crippen LogP contribution >= 0.6 is 15.9 Å². The molecule has 0 N–H and O–H groups in total. The molecule has 0 saturated heterocycles. The second-order valence-electron chi connectivity index (χ2n) is 2.34. The fourth-order valence-corrected chi connectivity index (χ4v) is 1.02. The van der Waals surface area contributed by atoms with Crippen molar-refractivity contribution in [2.45, 2.75) is 0 Å².